The molecule has 3 nitrogen and oxygen atoms in total. The van der Waals surface area contributed by atoms with Crippen LogP contribution in [0.15, 0.2) is 24.3 Å². The maximum atomic E-state index is 13.1. The second kappa shape index (κ2) is 4.51. The molecule has 1 amide bonds. The summed E-state index contributed by atoms with van der Waals surface area (Å²) in [6.45, 7) is 0.538. The molecule has 1 atom stereocenters. The van der Waals surface area contributed by atoms with Crippen LogP contribution in [-0.4, -0.2) is 22.6 Å². The van der Waals surface area contributed by atoms with Crippen LogP contribution in [0.25, 0.3) is 0 Å². The van der Waals surface area contributed by atoms with Crippen molar-refractivity contribution in [2.24, 2.45) is 0 Å². The third-order valence-electron chi connectivity index (χ3n) is 2.98. The molecule has 1 fully saturated rings. The van der Waals surface area contributed by atoms with Crippen LogP contribution in [0.1, 0.15) is 30.9 Å². The van der Waals surface area contributed by atoms with Crippen molar-refractivity contribution in [3.8, 4) is 0 Å². The Morgan fingerprint density at radius 2 is 2.25 bits per heavy atom. The molecule has 1 unspecified atom stereocenters. The predicted octanol–water partition coefficient (Wildman–Crippen LogP) is 3.03. The molecule has 0 spiro atoms. The van der Waals surface area contributed by atoms with Gasteiger partial charge in [-0.05, 0) is 37.0 Å². The Morgan fingerprint density at radius 1 is 1.44 bits per heavy atom. The molecule has 1 aliphatic rings. The Bertz CT molecular complexity index is 394. The summed E-state index contributed by atoms with van der Waals surface area (Å²) in [5.41, 5.74) is 0.752. The third-order valence-corrected chi connectivity index (χ3v) is 2.98. The van der Waals surface area contributed by atoms with Gasteiger partial charge in [0.2, 0.25) is 0 Å². The van der Waals surface area contributed by atoms with Crippen LogP contribution in [0.2, 0.25) is 0 Å². The fourth-order valence-corrected chi connectivity index (χ4v) is 2.22. The van der Waals surface area contributed by atoms with Gasteiger partial charge < -0.3 is 10.0 Å². The monoisotopic (exact) mass is 223 g/mol. The Balaban J connectivity index is 2.26. The number of halogens is 1. The molecule has 0 saturated carbocycles. The van der Waals surface area contributed by atoms with Gasteiger partial charge in [0.15, 0.2) is 0 Å². The number of hydrogen-bond donors (Lipinski definition) is 1. The quantitative estimate of drug-likeness (QED) is 0.795. The number of amides is 1. The summed E-state index contributed by atoms with van der Waals surface area (Å²) < 4.78 is 13.1. The molecule has 1 heterocycles. The van der Waals surface area contributed by atoms with Gasteiger partial charge in [-0.1, -0.05) is 12.1 Å². The summed E-state index contributed by atoms with van der Waals surface area (Å²) in [6.07, 6.45) is 1.73. The molecular weight excluding hydrogens is 209 g/mol. The van der Waals surface area contributed by atoms with E-state index in [1.807, 2.05) is 0 Å². The highest BCUT2D eigenvalue weighted by molar-refractivity contribution is 5.66. The van der Waals surface area contributed by atoms with Crippen LogP contribution in [0.4, 0.5) is 9.18 Å². The van der Waals surface area contributed by atoms with E-state index in [1.165, 1.54) is 17.0 Å². The summed E-state index contributed by atoms with van der Waals surface area (Å²) in [4.78, 5) is 12.5. The molecule has 1 aromatic rings. The first kappa shape index (κ1) is 10.9. The lowest BCUT2D eigenvalue weighted by atomic mass is 9.96. The van der Waals surface area contributed by atoms with Gasteiger partial charge in [0.25, 0.3) is 0 Å². The van der Waals surface area contributed by atoms with E-state index >= 15 is 0 Å². The van der Waals surface area contributed by atoms with E-state index in [1.54, 1.807) is 12.1 Å². The van der Waals surface area contributed by atoms with Crippen molar-refractivity contribution in [1.29, 1.82) is 0 Å². The summed E-state index contributed by atoms with van der Waals surface area (Å²) >= 11 is 0. The third kappa shape index (κ3) is 2.15. The molecule has 0 radical (unpaired) electrons. The summed E-state index contributed by atoms with van der Waals surface area (Å²) in [7, 11) is 0. The van der Waals surface area contributed by atoms with Gasteiger partial charge in [-0.25, -0.2) is 9.18 Å². The predicted molar refractivity (Wildman–Crippen MR) is 57.7 cm³/mol. The molecule has 2 rings (SSSR count). The zero-order valence-electron chi connectivity index (χ0n) is 8.90. The summed E-state index contributed by atoms with van der Waals surface area (Å²) in [6, 6.07) is 6.01. The maximum Gasteiger partial charge on any atom is 0.407 e. The first-order valence-corrected chi connectivity index (χ1v) is 5.43. The Hall–Kier alpha value is -1.58. The molecular formula is C12H14FNO2. The first-order chi connectivity index (χ1) is 7.68. The van der Waals surface area contributed by atoms with E-state index in [-0.39, 0.29) is 11.9 Å². The van der Waals surface area contributed by atoms with Crippen LogP contribution < -0.4 is 0 Å². The SMILES string of the molecule is O=C(O)N1CCCCC1c1cccc(F)c1. The van der Waals surface area contributed by atoms with Crippen molar-refractivity contribution in [3.63, 3.8) is 0 Å². The van der Waals surface area contributed by atoms with E-state index in [0.29, 0.717) is 6.54 Å². The topological polar surface area (TPSA) is 40.5 Å². The molecule has 16 heavy (non-hydrogen) atoms. The first-order valence-electron chi connectivity index (χ1n) is 5.43. The second-order valence-corrected chi connectivity index (χ2v) is 4.04. The number of hydrogen-bond acceptors (Lipinski definition) is 1. The average Bonchev–Trinajstić information content (AvgIpc) is 2.29. The van der Waals surface area contributed by atoms with E-state index in [2.05, 4.69) is 0 Å². The van der Waals surface area contributed by atoms with E-state index in [0.717, 1.165) is 24.8 Å². The summed E-state index contributed by atoms with van der Waals surface area (Å²) in [5, 5.41) is 9.07. The molecule has 86 valence electrons. The lowest BCUT2D eigenvalue weighted by Crippen LogP contribution is -2.37. The minimum absolute atomic E-state index is 0.193. The van der Waals surface area contributed by atoms with Crippen LogP contribution in [0, 0.1) is 5.82 Å². The van der Waals surface area contributed by atoms with Crippen molar-refractivity contribution < 1.29 is 14.3 Å². The number of rotatable bonds is 1. The number of nitrogens with zero attached hydrogens (tertiary/aromatic N) is 1. The van der Waals surface area contributed by atoms with Crippen molar-refractivity contribution >= 4 is 6.09 Å². The standard InChI is InChI=1S/C12H14FNO2/c13-10-5-3-4-9(8-10)11-6-1-2-7-14(11)12(15)16/h3-5,8,11H,1-2,6-7H2,(H,15,16). The molecule has 1 aliphatic heterocycles. The Kier molecular flexibility index (Phi) is 3.08. The number of benzene rings is 1. The molecule has 0 aromatic heterocycles. The van der Waals surface area contributed by atoms with E-state index < -0.39 is 6.09 Å². The van der Waals surface area contributed by atoms with Crippen LogP contribution in [-0.2, 0) is 0 Å². The number of carboxylic acid groups (broad SMARTS) is 1. The minimum Gasteiger partial charge on any atom is -0.465 e. The van der Waals surface area contributed by atoms with Gasteiger partial charge in [0.1, 0.15) is 5.82 Å². The minimum atomic E-state index is -0.922. The molecule has 1 saturated heterocycles. The van der Waals surface area contributed by atoms with Gasteiger partial charge in [-0.3, -0.25) is 0 Å². The molecule has 1 N–H and O–H groups in total. The molecule has 4 heteroatoms. The lowest BCUT2D eigenvalue weighted by molar-refractivity contribution is 0.106. The van der Waals surface area contributed by atoms with Crippen molar-refractivity contribution in [2.75, 3.05) is 6.54 Å². The highest BCUT2D eigenvalue weighted by Gasteiger charge is 2.27. The molecule has 0 bridgehead atoms. The average molecular weight is 223 g/mol. The van der Waals surface area contributed by atoms with Gasteiger partial charge in [0.05, 0.1) is 6.04 Å². The van der Waals surface area contributed by atoms with Gasteiger partial charge in [-0.2, -0.15) is 0 Å². The van der Waals surface area contributed by atoms with E-state index in [9.17, 15) is 9.18 Å². The summed E-state index contributed by atoms with van der Waals surface area (Å²) in [5.74, 6) is -0.312. The van der Waals surface area contributed by atoms with Crippen LogP contribution in [0.3, 0.4) is 0 Å². The largest absolute Gasteiger partial charge is 0.465 e. The van der Waals surface area contributed by atoms with Crippen molar-refractivity contribution in [2.45, 2.75) is 25.3 Å². The van der Waals surface area contributed by atoms with Gasteiger partial charge >= 0.3 is 6.09 Å². The van der Waals surface area contributed by atoms with Crippen LogP contribution in [0.5, 0.6) is 0 Å². The highest BCUT2D eigenvalue weighted by atomic mass is 19.1. The van der Waals surface area contributed by atoms with Crippen molar-refractivity contribution in [3.05, 3.63) is 35.6 Å². The highest BCUT2D eigenvalue weighted by Crippen LogP contribution is 2.30. The second-order valence-electron chi connectivity index (χ2n) is 4.04. The van der Waals surface area contributed by atoms with E-state index in [4.69, 9.17) is 5.11 Å². The fraction of sp³-hybridized carbons (Fsp3) is 0.417. The number of likely N-dealkylation sites (tertiary alicyclic amines) is 1. The van der Waals surface area contributed by atoms with Gasteiger partial charge in [-0.15, -0.1) is 0 Å². The normalized spacial score (nSPS) is 20.8. The number of carbonyl (C=O) groups is 1. The maximum absolute atomic E-state index is 13.1. The molecule has 0 aliphatic carbocycles. The Labute approximate surface area is 93.5 Å². The zero-order valence-corrected chi connectivity index (χ0v) is 8.90. The number of piperidine rings is 1. The lowest BCUT2D eigenvalue weighted by Gasteiger charge is -2.33. The smallest absolute Gasteiger partial charge is 0.407 e. The Morgan fingerprint density at radius 3 is 2.94 bits per heavy atom. The van der Waals surface area contributed by atoms with Crippen molar-refractivity contribution in [1.82, 2.24) is 4.90 Å². The van der Waals surface area contributed by atoms with Crippen LogP contribution >= 0.6 is 0 Å². The molecule has 1 aromatic carbocycles. The van der Waals surface area contributed by atoms with Gasteiger partial charge in [0, 0.05) is 6.54 Å². The zero-order chi connectivity index (χ0) is 11.5. The fourth-order valence-electron chi connectivity index (χ4n) is 2.22.